The third-order valence-corrected chi connectivity index (χ3v) is 8.17. The van der Waals surface area contributed by atoms with Crippen molar-refractivity contribution in [2.45, 2.75) is 45.0 Å². The maximum Gasteiger partial charge on any atom is 0.322 e. The summed E-state index contributed by atoms with van der Waals surface area (Å²) in [5, 5.41) is 9.13. The number of aryl methyl sites for hydroxylation is 1. The van der Waals surface area contributed by atoms with E-state index < -0.39 is 24.0 Å². The summed E-state index contributed by atoms with van der Waals surface area (Å²) in [5.41, 5.74) is 4.47. The summed E-state index contributed by atoms with van der Waals surface area (Å²) in [7, 11) is 0. The van der Waals surface area contributed by atoms with Gasteiger partial charge in [0, 0.05) is 41.1 Å². The smallest absolute Gasteiger partial charge is 0.322 e. The van der Waals surface area contributed by atoms with Crippen molar-refractivity contribution in [1.82, 2.24) is 30.8 Å². The topological polar surface area (TPSA) is 126 Å². The van der Waals surface area contributed by atoms with Crippen molar-refractivity contribution in [1.29, 1.82) is 0 Å². The molecule has 2 aromatic heterocycles. The maximum absolute atomic E-state index is 13.4. The fraction of sp³-hybridized carbons (Fsp3) is 0.303. The highest BCUT2D eigenvalue weighted by Gasteiger charge is 2.42. The second kappa shape index (κ2) is 12.6. The lowest BCUT2D eigenvalue weighted by atomic mass is 9.84. The van der Waals surface area contributed by atoms with E-state index in [1.54, 1.807) is 30.5 Å². The highest BCUT2D eigenvalue weighted by Crippen LogP contribution is 2.26. The molecule has 2 unspecified atom stereocenters. The number of para-hydroxylation sites is 1. The number of carbonyl (C=O) groups is 3. The van der Waals surface area contributed by atoms with Crippen LogP contribution in [0, 0.1) is 12.8 Å². The molecule has 10 nitrogen and oxygen atoms in total. The van der Waals surface area contributed by atoms with Gasteiger partial charge in [-0.3, -0.25) is 29.8 Å². The standard InChI is InChI=1S/C33H34N6O4/c1-21-17-25(27-6-2-3-7-28(27)35-21)20-43-26-10-8-24(9-11-26)31(40)36-29(30-32(41)38-33(42)37-30)23-12-15-39(16-13-23)19-22-5-4-14-34-18-22/h2-11,14,17-18,23,29-30H,12-13,15-16,19-20H2,1H3,(H,36,40)(H2,37,38,41,42). The number of piperidine rings is 1. The Bertz CT molecular complexity index is 1620. The second-order valence-corrected chi connectivity index (χ2v) is 11.2. The number of rotatable bonds is 9. The Balaban J connectivity index is 1.10. The Labute approximate surface area is 249 Å². The Morgan fingerprint density at radius 2 is 1.86 bits per heavy atom. The lowest BCUT2D eigenvalue weighted by Crippen LogP contribution is -2.56. The van der Waals surface area contributed by atoms with Gasteiger partial charge >= 0.3 is 6.03 Å². The van der Waals surface area contributed by atoms with Crippen LogP contribution in [0.15, 0.2) is 79.1 Å². The predicted octanol–water partition coefficient (Wildman–Crippen LogP) is 3.74. The summed E-state index contributed by atoms with van der Waals surface area (Å²) < 4.78 is 6.06. The first-order chi connectivity index (χ1) is 20.9. The number of fused-ring (bicyclic) bond motifs is 1. The van der Waals surface area contributed by atoms with E-state index in [9.17, 15) is 14.4 Å². The van der Waals surface area contributed by atoms with Crippen LogP contribution in [0.1, 0.15) is 40.0 Å². The van der Waals surface area contributed by atoms with E-state index in [-0.39, 0.29) is 11.8 Å². The lowest BCUT2D eigenvalue weighted by Gasteiger charge is -2.37. The molecular weight excluding hydrogens is 544 g/mol. The van der Waals surface area contributed by atoms with Crippen LogP contribution in [0.4, 0.5) is 4.79 Å². The molecule has 2 aromatic carbocycles. The quantitative estimate of drug-likeness (QED) is 0.259. The molecule has 4 amide bonds. The molecule has 2 aliphatic rings. The molecule has 4 heterocycles. The summed E-state index contributed by atoms with van der Waals surface area (Å²) in [4.78, 5) is 49.1. The highest BCUT2D eigenvalue weighted by molar-refractivity contribution is 6.05. The van der Waals surface area contributed by atoms with Gasteiger partial charge in [-0.1, -0.05) is 24.3 Å². The van der Waals surface area contributed by atoms with Crippen molar-refractivity contribution in [2.75, 3.05) is 13.1 Å². The first-order valence-electron chi connectivity index (χ1n) is 14.5. The summed E-state index contributed by atoms with van der Waals surface area (Å²) in [6.45, 7) is 4.75. The summed E-state index contributed by atoms with van der Waals surface area (Å²) in [6.07, 6.45) is 5.18. The van der Waals surface area contributed by atoms with Crippen LogP contribution in [0.5, 0.6) is 5.75 Å². The SMILES string of the molecule is Cc1cc(COc2ccc(C(=O)NC(C3CCN(Cc4cccnc4)CC3)C3NC(=O)NC3=O)cc2)c2ccccc2n1. The lowest BCUT2D eigenvalue weighted by molar-refractivity contribution is -0.121. The number of urea groups is 1. The highest BCUT2D eigenvalue weighted by atomic mass is 16.5. The van der Waals surface area contributed by atoms with Crippen LogP contribution in [0.3, 0.4) is 0 Å². The molecule has 10 heteroatoms. The first-order valence-corrected chi connectivity index (χ1v) is 14.5. The minimum atomic E-state index is -0.826. The second-order valence-electron chi connectivity index (χ2n) is 11.2. The van der Waals surface area contributed by atoms with E-state index in [0.29, 0.717) is 17.9 Å². The summed E-state index contributed by atoms with van der Waals surface area (Å²) in [5.74, 6) is -0.0747. The number of hydrogen-bond donors (Lipinski definition) is 3. The van der Waals surface area contributed by atoms with Gasteiger partial charge < -0.3 is 15.4 Å². The third kappa shape index (κ3) is 6.65. The van der Waals surface area contributed by atoms with Crippen molar-refractivity contribution < 1.29 is 19.1 Å². The maximum atomic E-state index is 13.4. The molecule has 4 aromatic rings. The minimum absolute atomic E-state index is 0.0181. The van der Waals surface area contributed by atoms with Crippen LogP contribution in [-0.2, 0) is 17.9 Å². The molecule has 0 bridgehead atoms. The molecule has 2 saturated heterocycles. The van der Waals surface area contributed by atoms with E-state index in [1.807, 2.05) is 49.5 Å². The summed E-state index contributed by atoms with van der Waals surface area (Å²) in [6, 6.07) is 19.0. The van der Waals surface area contributed by atoms with Crippen LogP contribution < -0.4 is 20.7 Å². The van der Waals surface area contributed by atoms with Crippen molar-refractivity contribution in [2.24, 2.45) is 5.92 Å². The number of ether oxygens (including phenoxy) is 1. The van der Waals surface area contributed by atoms with Gasteiger partial charge in [-0.05, 0) is 86.8 Å². The van der Waals surface area contributed by atoms with E-state index in [1.165, 1.54) is 0 Å². The van der Waals surface area contributed by atoms with Crippen molar-refractivity contribution in [3.05, 3.63) is 102 Å². The van der Waals surface area contributed by atoms with Gasteiger partial charge in [0.05, 0.1) is 11.6 Å². The molecule has 0 saturated carbocycles. The van der Waals surface area contributed by atoms with Gasteiger partial charge in [-0.25, -0.2) is 4.79 Å². The first kappa shape index (κ1) is 28.3. The molecule has 3 N–H and O–H groups in total. The molecule has 2 aliphatic heterocycles. The zero-order valence-electron chi connectivity index (χ0n) is 24.0. The Morgan fingerprint density at radius 3 is 2.58 bits per heavy atom. The molecule has 2 atom stereocenters. The van der Waals surface area contributed by atoms with E-state index in [4.69, 9.17) is 4.74 Å². The van der Waals surface area contributed by atoms with E-state index in [2.05, 4.69) is 36.9 Å². The van der Waals surface area contributed by atoms with Crippen molar-refractivity contribution >= 4 is 28.7 Å². The number of pyridine rings is 2. The number of carbonyl (C=O) groups excluding carboxylic acids is 3. The zero-order valence-corrected chi connectivity index (χ0v) is 24.0. The number of amides is 4. The van der Waals surface area contributed by atoms with E-state index >= 15 is 0 Å². The fourth-order valence-electron chi connectivity index (χ4n) is 5.99. The van der Waals surface area contributed by atoms with Crippen molar-refractivity contribution in [3.63, 3.8) is 0 Å². The molecule has 6 rings (SSSR count). The number of hydrogen-bond acceptors (Lipinski definition) is 7. The van der Waals surface area contributed by atoms with Gasteiger partial charge in [0.15, 0.2) is 0 Å². The normalized spacial score (nSPS) is 18.2. The van der Waals surface area contributed by atoms with Gasteiger partial charge in [-0.15, -0.1) is 0 Å². The molecule has 0 spiro atoms. The average Bonchev–Trinajstić information content (AvgIpc) is 3.36. The summed E-state index contributed by atoms with van der Waals surface area (Å²) >= 11 is 0. The average molecular weight is 579 g/mol. The number of benzene rings is 2. The number of nitrogens with one attached hydrogen (secondary N) is 3. The number of nitrogens with zero attached hydrogens (tertiary/aromatic N) is 3. The van der Waals surface area contributed by atoms with Gasteiger partial charge in [0.25, 0.3) is 11.8 Å². The monoisotopic (exact) mass is 578 g/mol. The van der Waals surface area contributed by atoms with Crippen LogP contribution in [-0.4, -0.2) is 57.9 Å². The van der Waals surface area contributed by atoms with Crippen LogP contribution >= 0.6 is 0 Å². The van der Waals surface area contributed by atoms with Crippen LogP contribution in [0.2, 0.25) is 0 Å². The molecule has 220 valence electrons. The molecule has 0 radical (unpaired) electrons. The molecule has 0 aliphatic carbocycles. The number of imide groups is 1. The third-order valence-electron chi connectivity index (χ3n) is 8.17. The van der Waals surface area contributed by atoms with Crippen LogP contribution in [0.25, 0.3) is 10.9 Å². The Kier molecular flexibility index (Phi) is 8.28. The fourth-order valence-corrected chi connectivity index (χ4v) is 5.99. The minimum Gasteiger partial charge on any atom is -0.489 e. The number of likely N-dealkylation sites (tertiary alicyclic amines) is 1. The number of aromatic nitrogens is 2. The Hall–Kier alpha value is -4.83. The van der Waals surface area contributed by atoms with Gasteiger partial charge in [-0.2, -0.15) is 0 Å². The largest absolute Gasteiger partial charge is 0.489 e. The van der Waals surface area contributed by atoms with E-state index in [0.717, 1.165) is 60.2 Å². The molecule has 2 fully saturated rings. The molecular formula is C33H34N6O4. The zero-order chi connectivity index (χ0) is 29.8. The predicted molar refractivity (Wildman–Crippen MR) is 161 cm³/mol. The molecule has 43 heavy (non-hydrogen) atoms. The Morgan fingerprint density at radius 1 is 1.07 bits per heavy atom. The van der Waals surface area contributed by atoms with Gasteiger partial charge in [0.1, 0.15) is 18.4 Å². The van der Waals surface area contributed by atoms with Crippen molar-refractivity contribution in [3.8, 4) is 5.75 Å². The van der Waals surface area contributed by atoms with Gasteiger partial charge in [0.2, 0.25) is 0 Å².